The number of nitrogens with one attached hydrogen (secondary N) is 1. The smallest absolute Gasteiger partial charge is 0.260 e. The largest absolute Gasteiger partial charge is 0.479 e. The number of aryl methyl sites for hydroxylation is 1. The van der Waals surface area contributed by atoms with Crippen LogP contribution in [0.15, 0.2) is 18.2 Å². The van der Waals surface area contributed by atoms with Gasteiger partial charge in [-0.05, 0) is 44.9 Å². The van der Waals surface area contributed by atoms with Gasteiger partial charge in [-0.2, -0.15) is 0 Å². The zero-order valence-corrected chi connectivity index (χ0v) is 12.3. The van der Waals surface area contributed by atoms with Crippen molar-refractivity contribution in [1.29, 1.82) is 0 Å². The van der Waals surface area contributed by atoms with Crippen molar-refractivity contribution in [2.75, 3.05) is 6.54 Å². The molecule has 0 aromatic heterocycles. The maximum atomic E-state index is 11.8. The predicted molar refractivity (Wildman–Crippen MR) is 77.6 cm³/mol. The molecule has 0 radical (unpaired) electrons. The third-order valence-corrected chi connectivity index (χ3v) is 2.97. The van der Waals surface area contributed by atoms with E-state index < -0.39 is 6.10 Å². The lowest BCUT2D eigenvalue weighted by Crippen LogP contribution is -2.38. The molecule has 5 heteroatoms. The van der Waals surface area contributed by atoms with E-state index >= 15 is 0 Å². The Labute approximate surface area is 119 Å². The van der Waals surface area contributed by atoms with Crippen LogP contribution >= 0.6 is 11.6 Å². The van der Waals surface area contributed by atoms with Crippen LogP contribution in [0.25, 0.3) is 0 Å². The van der Waals surface area contributed by atoms with Gasteiger partial charge in [-0.1, -0.05) is 17.7 Å². The minimum atomic E-state index is -0.590. The third-order valence-electron chi connectivity index (χ3n) is 2.66. The topological polar surface area (TPSA) is 64.3 Å². The Morgan fingerprint density at radius 3 is 2.79 bits per heavy atom. The van der Waals surface area contributed by atoms with E-state index in [0.717, 1.165) is 12.0 Å². The van der Waals surface area contributed by atoms with Crippen molar-refractivity contribution in [3.8, 4) is 5.75 Å². The molecule has 0 aliphatic heterocycles. The summed E-state index contributed by atoms with van der Waals surface area (Å²) in [6.45, 7) is 6.08. The number of hydrogen-bond acceptors (Lipinski definition) is 3. The van der Waals surface area contributed by atoms with Crippen LogP contribution < -0.4 is 15.8 Å². The fraction of sp³-hybridized carbons (Fsp3) is 0.500. The Bertz CT molecular complexity index is 435. The number of carbonyl (C=O) groups excluding carboxylic acids is 1. The Kier molecular flexibility index (Phi) is 6.12. The average Bonchev–Trinajstić information content (AvgIpc) is 2.33. The molecule has 0 spiro atoms. The first-order valence-corrected chi connectivity index (χ1v) is 6.74. The van der Waals surface area contributed by atoms with E-state index in [4.69, 9.17) is 22.1 Å². The van der Waals surface area contributed by atoms with Gasteiger partial charge in [-0.25, -0.2) is 0 Å². The Hall–Kier alpha value is -1.26. The van der Waals surface area contributed by atoms with Crippen LogP contribution in [0.2, 0.25) is 5.02 Å². The van der Waals surface area contributed by atoms with Gasteiger partial charge in [0.05, 0.1) is 5.02 Å². The predicted octanol–water partition coefficient (Wildman–Crippen LogP) is 2.27. The first-order valence-electron chi connectivity index (χ1n) is 6.36. The number of nitrogens with two attached hydrogens (primary N) is 1. The van der Waals surface area contributed by atoms with E-state index in [9.17, 15) is 4.79 Å². The number of halogens is 1. The van der Waals surface area contributed by atoms with Crippen LogP contribution in [0.1, 0.15) is 25.8 Å². The molecular weight excluding hydrogens is 264 g/mol. The minimum Gasteiger partial charge on any atom is -0.479 e. The number of rotatable bonds is 6. The van der Waals surface area contributed by atoms with Crippen LogP contribution in [0.4, 0.5) is 0 Å². The monoisotopic (exact) mass is 284 g/mol. The van der Waals surface area contributed by atoms with Crippen LogP contribution in [-0.2, 0) is 4.79 Å². The molecule has 0 saturated heterocycles. The molecule has 0 aliphatic rings. The maximum absolute atomic E-state index is 11.8. The second-order valence-corrected chi connectivity index (χ2v) is 5.16. The Morgan fingerprint density at radius 2 is 2.16 bits per heavy atom. The van der Waals surface area contributed by atoms with Gasteiger partial charge < -0.3 is 15.8 Å². The van der Waals surface area contributed by atoms with Crippen LogP contribution in [0, 0.1) is 6.92 Å². The second kappa shape index (κ2) is 7.36. The number of ether oxygens (including phenoxy) is 1. The molecule has 0 saturated carbocycles. The van der Waals surface area contributed by atoms with E-state index in [2.05, 4.69) is 5.32 Å². The summed E-state index contributed by atoms with van der Waals surface area (Å²) in [5.74, 6) is 0.356. The fourth-order valence-electron chi connectivity index (χ4n) is 1.51. The lowest BCUT2D eigenvalue weighted by molar-refractivity contribution is -0.127. The summed E-state index contributed by atoms with van der Waals surface area (Å²) in [5, 5.41) is 3.28. The molecule has 19 heavy (non-hydrogen) atoms. The van der Waals surface area contributed by atoms with Gasteiger partial charge in [0.25, 0.3) is 5.91 Å². The molecule has 2 atom stereocenters. The van der Waals surface area contributed by atoms with Gasteiger partial charge in [-0.15, -0.1) is 0 Å². The van der Waals surface area contributed by atoms with Crippen molar-refractivity contribution >= 4 is 17.5 Å². The summed E-state index contributed by atoms with van der Waals surface area (Å²) in [6, 6.07) is 5.53. The highest BCUT2D eigenvalue weighted by atomic mass is 35.5. The van der Waals surface area contributed by atoms with E-state index in [0.29, 0.717) is 17.3 Å². The highest BCUT2D eigenvalue weighted by molar-refractivity contribution is 6.32. The van der Waals surface area contributed by atoms with E-state index in [-0.39, 0.29) is 11.9 Å². The molecule has 0 bridgehead atoms. The summed E-state index contributed by atoms with van der Waals surface area (Å²) in [7, 11) is 0. The van der Waals surface area contributed by atoms with Crippen molar-refractivity contribution in [1.82, 2.24) is 5.32 Å². The Morgan fingerprint density at radius 1 is 1.47 bits per heavy atom. The molecule has 1 rings (SSSR count). The van der Waals surface area contributed by atoms with Crippen LogP contribution in [0.5, 0.6) is 5.75 Å². The average molecular weight is 285 g/mol. The van der Waals surface area contributed by atoms with Gasteiger partial charge >= 0.3 is 0 Å². The summed E-state index contributed by atoms with van der Waals surface area (Å²) in [4.78, 5) is 11.8. The molecule has 0 heterocycles. The van der Waals surface area contributed by atoms with E-state index in [1.807, 2.05) is 26.0 Å². The maximum Gasteiger partial charge on any atom is 0.260 e. The van der Waals surface area contributed by atoms with Crippen molar-refractivity contribution in [3.63, 3.8) is 0 Å². The van der Waals surface area contributed by atoms with Crippen LogP contribution in [0.3, 0.4) is 0 Å². The van der Waals surface area contributed by atoms with Crippen molar-refractivity contribution in [2.24, 2.45) is 5.73 Å². The Balaban J connectivity index is 2.51. The molecule has 1 amide bonds. The van der Waals surface area contributed by atoms with Gasteiger partial charge in [-0.3, -0.25) is 4.79 Å². The van der Waals surface area contributed by atoms with Crippen molar-refractivity contribution in [3.05, 3.63) is 28.8 Å². The van der Waals surface area contributed by atoms with Crippen molar-refractivity contribution < 1.29 is 9.53 Å². The number of amides is 1. The first-order chi connectivity index (χ1) is 8.90. The molecule has 1 aromatic carbocycles. The molecule has 0 fully saturated rings. The number of benzene rings is 1. The van der Waals surface area contributed by atoms with E-state index in [1.54, 1.807) is 13.0 Å². The molecule has 0 aliphatic carbocycles. The highest BCUT2D eigenvalue weighted by Gasteiger charge is 2.15. The SMILES string of the molecule is Cc1ccc(Cl)c(OC(C)C(=O)NCCC(C)N)c1. The lowest BCUT2D eigenvalue weighted by atomic mass is 10.2. The summed E-state index contributed by atoms with van der Waals surface area (Å²) < 4.78 is 5.57. The number of hydrogen-bond donors (Lipinski definition) is 2. The summed E-state index contributed by atoms with van der Waals surface area (Å²) >= 11 is 6.02. The second-order valence-electron chi connectivity index (χ2n) is 4.75. The van der Waals surface area contributed by atoms with Crippen LogP contribution in [-0.4, -0.2) is 24.6 Å². The zero-order valence-electron chi connectivity index (χ0n) is 11.6. The summed E-state index contributed by atoms with van der Waals surface area (Å²) in [6.07, 6.45) is 0.149. The van der Waals surface area contributed by atoms with Gasteiger partial charge in [0, 0.05) is 12.6 Å². The first kappa shape index (κ1) is 15.8. The normalized spacial score (nSPS) is 13.7. The minimum absolute atomic E-state index is 0.0720. The standard InChI is InChI=1S/C14H21ClN2O2/c1-9-4-5-12(15)13(8-9)19-11(3)14(18)17-7-6-10(2)16/h4-5,8,10-11H,6-7,16H2,1-3H3,(H,17,18). The molecule has 106 valence electrons. The van der Waals surface area contributed by atoms with Crippen molar-refractivity contribution in [2.45, 2.75) is 39.3 Å². The third kappa shape index (κ3) is 5.49. The van der Waals surface area contributed by atoms with Gasteiger partial charge in [0.1, 0.15) is 5.75 Å². The number of carbonyl (C=O) groups is 1. The van der Waals surface area contributed by atoms with Gasteiger partial charge in [0.2, 0.25) is 0 Å². The highest BCUT2D eigenvalue weighted by Crippen LogP contribution is 2.26. The molecular formula is C14H21ClN2O2. The molecule has 2 unspecified atom stereocenters. The fourth-order valence-corrected chi connectivity index (χ4v) is 1.67. The van der Waals surface area contributed by atoms with E-state index in [1.165, 1.54) is 0 Å². The summed E-state index contributed by atoms with van der Waals surface area (Å²) in [5.41, 5.74) is 6.65. The van der Waals surface area contributed by atoms with Gasteiger partial charge in [0.15, 0.2) is 6.10 Å². The lowest BCUT2D eigenvalue weighted by Gasteiger charge is -2.16. The molecule has 4 nitrogen and oxygen atoms in total. The molecule has 1 aromatic rings. The quantitative estimate of drug-likeness (QED) is 0.842. The molecule has 3 N–H and O–H groups in total. The zero-order chi connectivity index (χ0) is 14.4.